The Morgan fingerprint density at radius 1 is 1.09 bits per heavy atom. The smallest absolute Gasteiger partial charge is 0.399 e. The van der Waals surface area contributed by atoms with Gasteiger partial charge in [0.25, 0.3) is 0 Å². The van der Waals surface area contributed by atoms with Crippen molar-refractivity contribution < 1.29 is 9.31 Å². The summed E-state index contributed by atoms with van der Waals surface area (Å²) in [5.41, 5.74) is 2.78. The maximum atomic E-state index is 6.12. The number of nitrogens with zero attached hydrogens (tertiary/aromatic N) is 2. The minimum absolute atomic E-state index is 0.313. The first kappa shape index (κ1) is 15.3. The summed E-state index contributed by atoms with van der Waals surface area (Å²) < 4.78 is 14.2. The monoisotopic (exact) mass is 298 g/mol. The van der Waals surface area contributed by atoms with Crippen molar-refractivity contribution in [2.24, 2.45) is 0 Å². The third-order valence-electron chi connectivity index (χ3n) is 4.74. The van der Waals surface area contributed by atoms with Gasteiger partial charge in [0, 0.05) is 11.9 Å². The molecule has 5 heteroatoms. The number of hydrogen-bond acceptors (Lipinski definition) is 3. The van der Waals surface area contributed by atoms with Crippen molar-refractivity contribution in [3.05, 3.63) is 47.8 Å². The van der Waals surface area contributed by atoms with Crippen LogP contribution in [0, 0.1) is 6.92 Å². The van der Waals surface area contributed by atoms with E-state index in [4.69, 9.17) is 9.31 Å². The van der Waals surface area contributed by atoms with Crippen molar-refractivity contribution >= 4 is 12.6 Å². The summed E-state index contributed by atoms with van der Waals surface area (Å²) in [5.74, 6) is 0. The van der Waals surface area contributed by atoms with Gasteiger partial charge in [-0.1, -0.05) is 24.3 Å². The van der Waals surface area contributed by atoms with E-state index in [2.05, 4.69) is 64.0 Å². The molecule has 0 radical (unpaired) electrons. The van der Waals surface area contributed by atoms with Gasteiger partial charge in [-0.25, -0.2) is 0 Å². The summed E-state index contributed by atoms with van der Waals surface area (Å²) in [5, 5.41) is 4.34. The molecule has 4 nitrogen and oxygen atoms in total. The number of hydrogen-bond donors (Lipinski definition) is 0. The zero-order valence-corrected chi connectivity index (χ0v) is 14.0. The molecule has 1 aliphatic heterocycles. The number of benzene rings is 1. The van der Waals surface area contributed by atoms with Crippen molar-refractivity contribution in [1.82, 2.24) is 9.78 Å². The summed E-state index contributed by atoms with van der Waals surface area (Å²) >= 11 is 0. The van der Waals surface area contributed by atoms with E-state index in [9.17, 15) is 0 Å². The van der Waals surface area contributed by atoms with Crippen LogP contribution < -0.4 is 5.46 Å². The molecule has 0 saturated carbocycles. The zero-order valence-electron chi connectivity index (χ0n) is 14.0. The van der Waals surface area contributed by atoms with Gasteiger partial charge in [-0.2, -0.15) is 5.10 Å². The third-order valence-corrected chi connectivity index (χ3v) is 4.74. The lowest BCUT2D eigenvalue weighted by molar-refractivity contribution is 0.00578. The largest absolute Gasteiger partial charge is 0.494 e. The van der Waals surface area contributed by atoms with Crippen LogP contribution in [-0.4, -0.2) is 28.1 Å². The molecular weight excluding hydrogens is 275 g/mol. The molecule has 116 valence electrons. The molecule has 1 aliphatic rings. The Morgan fingerprint density at radius 2 is 1.77 bits per heavy atom. The highest BCUT2D eigenvalue weighted by atomic mass is 16.7. The number of aromatic nitrogens is 2. The standard InChI is InChI=1S/C17H23BN2O2/c1-13-9-10-19-20(13)12-14-7-6-8-15(11-14)18-21-16(2,3)17(4,5)22-18/h6-11H,12H2,1-5H3. The Bertz CT molecular complexity index is 663. The second-order valence-corrected chi connectivity index (χ2v) is 6.96. The summed E-state index contributed by atoms with van der Waals surface area (Å²) in [6.45, 7) is 11.1. The lowest BCUT2D eigenvalue weighted by atomic mass is 9.78. The van der Waals surface area contributed by atoms with E-state index in [-0.39, 0.29) is 18.3 Å². The van der Waals surface area contributed by atoms with Crippen LogP contribution in [-0.2, 0) is 15.9 Å². The highest BCUT2D eigenvalue weighted by molar-refractivity contribution is 6.62. The van der Waals surface area contributed by atoms with Crippen LogP contribution in [0.1, 0.15) is 39.0 Å². The number of rotatable bonds is 3. The van der Waals surface area contributed by atoms with Crippen LogP contribution in [0.5, 0.6) is 0 Å². The van der Waals surface area contributed by atoms with E-state index in [1.54, 1.807) is 0 Å². The van der Waals surface area contributed by atoms with Crippen LogP contribution >= 0.6 is 0 Å². The maximum absolute atomic E-state index is 6.12. The maximum Gasteiger partial charge on any atom is 0.494 e. The Hall–Kier alpha value is -1.59. The molecule has 0 aliphatic carbocycles. The molecule has 0 amide bonds. The molecule has 3 rings (SSSR count). The fourth-order valence-electron chi connectivity index (χ4n) is 2.55. The summed E-state index contributed by atoms with van der Waals surface area (Å²) in [6.07, 6.45) is 1.83. The molecule has 1 aromatic heterocycles. The highest BCUT2D eigenvalue weighted by Crippen LogP contribution is 2.36. The molecule has 1 fully saturated rings. The van der Waals surface area contributed by atoms with Gasteiger partial charge in [0.2, 0.25) is 0 Å². The van der Waals surface area contributed by atoms with Gasteiger partial charge in [0.15, 0.2) is 0 Å². The molecule has 0 spiro atoms. The van der Waals surface area contributed by atoms with E-state index in [1.807, 2.05) is 16.9 Å². The predicted molar refractivity (Wildman–Crippen MR) is 88.2 cm³/mol. The van der Waals surface area contributed by atoms with Crippen LogP contribution in [0.2, 0.25) is 0 Å². The zero-order chi connectivity index (χ0) is 16.0. The molecule has 2 heterocycles. The quantitative estimate of drug-likeness (QED) is 0.817. The molecule has 22 heavy (non-hydrogen) atoms. The fraction of sp³-hybridized carbons (Fsp3) is 0.471. The van der Waals surface area contributed by atoms with Crippen molar-refractivity contribution in [3.63, 3.8) is 0 Å². The lowest BCUT2D eigenvalue weighted by Crippen LogP contribution is -2.41. The second kappa shape index (κ2) is 5.25. The predicted octanol–water partition coefficient (Wildman–Crippen LogP) is 2.54. The van der Waals surface area contributed by atoms with E-state index in [1.165, 1.54) is 5.56 Å². The van der Waals surface area contributed by atoms with E-state index in [0.29, 0.717) is 0 Å². The lowest BCUT2D eigenvalue weighted by Gasteiger charge is -2.32. The van der Waals surface area contributed by atoms with Gasteiger partial charge in [0.05, 0.1) is 17.7 Å². The van der Waals surface area contributed by atoms with E-state index >= 15 is 0 Å². The molecule has 0 atom stereocenters. The summed E-state index contributed by atoms with van der Waals surface area (Å²) in [4.78, 5) is 0. The first-order chi connectivity index (χ1) is 10.3. The highest BCUT2D eigenvalue weighted by Gasteiger charge is 2.51. The van der Waals surface area contributed by atoms with Gasteiger partial charge >= 0.3 is 7.12 Å². The Labute approximate surface area is 132 Å². The van der Waals surface area contributed by atoms with Crippen molar-refractivity contribution in [2.75, 3.05) is 0 Å². The first-order valence-corrected chi connectivity index (χ1v) is 7.71. The average Bonchev–Trinajstić information content (AvgIpc) is 2.92. The normalized spacial score (nSPS) is 19.6. The molecular formula is C17H23BN2O2. The van der Waals surface area contributed by atoms with Gasteiger partial charge < -0.3 is 9.31 Å². The molecule has 0 N–H and O–H groups in total. The van der Waals surface area contributed by atoms with Crippen LogP contribution in [0.3, 0.4) is 0 Å². The molecule has 0 bridgehead atoms. The Morgan fingerprint density at radius 3 is 2.36 bits per heavy atom. The SMILES string of the molecule is Cc1ccnn1Cc1cccc(B2OC(C)(C)C(C)(C)O2)c1. The van der Waals surface area contributed by atoms with Crippen LogP contribution in [0.25, 0.3) is 0 Å². The summed E-state index contributed by atoms with van der Waals surface area (Å²) in [7, 11) is -0.316. The average molecular weight is 298 g/mol. The Kier molecular flexibility index (Phi) is 3.65. The Balaban J connectivity index is 1.82. The second-order valence-electron chi connectivity index (χ2n) is 6.96. The van der Waals surface area contributed by atoms with Gasteiger partial charge in [-0.05, 0) is 51.7 Å². The van der Waals surface area contributed by atoms with E-state index in [0.717, 1.165) is 17.7 Å². The third kappa shape index (κ3) is 2.71. The van der Waals surface area contributed by atoms with Crippen LogP contribution in [0.15, 0.2) is 36.5 Å². The van der Waals surface area contributed by atoms with Crippen molar-refractivity contribution in [3.8, 4) is 0 Å². The number of aryl methyl sites for hydroxylation is 1. The van der Waals surface area contributed by atoms with Gasteiger partial charge in [-0.15, -0.1) is 0 Å². The van der Waals surface area contributed by atoms with Gasteiger partial charge in [0.1, 0.15) is 0 Å². The van der Waals surface area contributed by atoms with E-state index < -0.39 is 0 Å². The van der Waals surface area contributed by atoms with Crippen molar-refractivity contribution in [2.45, 2.75) is 52.4 Å². The van der Waals surface area contributed by atoms with Gasteiger partial charge in [-0.3, -0.25) is 4.68 Å². The summed E-state index contributed by atoms with van der Waals surface area (Å²) in [6, 6.07) is 10.4. The van der Waals surface area contributed by atoms with Crippen molar-refractivity contribution in [1.29, 1.82) is 0 Å². The molecule has 0 unspecified atom stereocenters. The molecule has 2 aromatic rings. The molecule has 1 aromatic carbocycles. The fourth-order valence-corrected chi connectivity index (χ4v) is 2.55. The molecule has 1 saturated heterocycles. The minimum Gasteiger partial charge on any atom is -0.399 e. The topological polar surface area (TPSA) is 36.3 Å². The van der Waals surface area contributed by atoms with Crippen LogP contribution in [0.4, 0.5) is 0 Å². The first-order valence-electron chi connectivity index (χ1n) is 7.71. The minimum atomic E-state index is -0.316.